The Morgan fingerprint density at radius 3 is 2.71 bits per heavy atom. The molecule has 0 saturated heterocycles. The molecule has 3 rings (SSSR count). The van der Waals surface area contributed by atoms with Gasteiger partial charge in [-0.15, -0.1) is 5.10 Å². The predicted octanol–water partition coefficient (Wildman–Crippen LogP) is 3.01. The van der Waals surface area contributed by atoms with Gasteiger partial charge >= 0.3 is 0 Å². The normalized spacial score (nSPS) is 10.8. The van der Waals surface area contributed by atoms with Crippen LogP contribution in [-0.2, 0) is 0 Å². The second-order valence-electron chi connectivity index (χ2n) is 4.58. The third-order valence-electron chi connectivity index (χ3n) is 3.12. The lowest BCUT2D eigenvalue weighted by molar-refractivity contribution is 0.632. The Balaban J connectivity index is 2.14. The van der Waals surface area contributed by atoms with Crippen LogP contribution in [0.2, 0.25) is 5.02 Å². The summed E-state index contributed by atoms with van der Waals surface area (Å²) in [5.74, 6) is -0.0748. The van der Waals surface area contributed by atoms with E-state index in [1.165, 1.54) is 16.8 Å². The molecule has 0 unspecified atom stereocenters. The van der Waals surface area contributed by atoms with Gasteiger partial charge in [-0.25, -0.2) is 4.39 Å². The average molecular weight is 304 g/mol. The molecule has 0 saturated carbocycles. The molecule has 0 amide bonds. The maximum atomic E-state index is 13.6. The number of rotatable bonds is 2. The highest BCUT2D eigenvalue weighted by atomic mass is 35.5. The second kappa shape index (κ2) is 5.14. The molecule has 21 heavy (non-hydrogen) atoms. The van der Waals surface area contributed by atoms with Gasteiger partial charge in [0.05, 0.1) is 11.4 Å². The monoisotopic (exact) mass is 303 g/mol. The summed E-state index contributed by atoms with van der Waals surface area (Å²) in [5, 5.41) is 12.2. The Morgan fingerprint density at radius 1 is 1.19 bits per heavy atom. The second-order valence-corrected chi connectivity index (χ2v) is 5.02. The molecule has 0 fully saturated rings. The first-order valence-corrected chi connectivity index (χ1v) is 6.54. The number of anilines is 1. The van der Waals surface area contributed by atoms with Crippen LogP contribution in [0, 0.1) is 12.7 Å². The van der Waals surface area contributed by atoms with Crippen LogP contribution in [0.15, 0.2) is 36.4 Å². The van der Waals surface area contributed by atoms with Gasteiger partial charge in [0, 0.05) is 10.6 Å². The summed E-state index contributed by atoms with van der Waals surface area (Å²) in [7, 11) is 0. The maximum absolute atomic E-state index is 13.6. The van der Waals surface area contributed by atoms with Crippen molar-refractivity contribution in [3.05, 3.63) is 52.8 Å². The first-order valence-electron chi connectivity index (χ1n) is 6.16. The highest BCUT2D eigenvalue weighted by Crippen LogP contribution is 2.25. The lowest BCUT2D eigenvalue weighted by Crippen LogP contribution is -2.02. The van der Waals surface area contributed by atoms with Crippen molar-refractivity contribution < 1.29 is 4.39 Å². The molecule has 1 heterocycles. The number of benzene rings is 2. The van der Waals surface area contributed by atoms with Crippen molar-refractivity contribution in [2.24, 2.45) is 0 Å². The maximum Gasteiger partial charge on any atom is 0.187 e. The summed E-state index contributed by atoms with van der Waals surface area (Å²) in [6.07, 6.45) is 0. The number of halogens is 2. The van der Waals surface area contributed by atoms with E-state index in [0.29, 0.717) is 16.4 Å². The van der Waals surface area contributed by atoms with Crippen LogP contribution in [0.1, 0.15) is 5.56 Å². The number of nitrogens with zero attached hydrogens (tertiary/aromatic N) is 4. The van der Waals surface area contributed by atoms with Gasteiger partial charge in [-0.05, 0) is 59.3 Å². The van der Waals surface area contributed by atoms with E-state index in [1.807, 2.05) is 19.1 Å². The van der Waals surface area contributed by atoms with Crippen molar-refractivity contribution in [3.8, 4) is 17.1 Å². The molecule has 0 bridgehead atoms. The van der Waals surface area contributed by atoms with Crippen molar-refractivity contribution in [2.75, 3.05) is 5.73 Å². The third-order valence-corrected chi connectivity index (χ3v) is 3.35. The predicted molar refractivity (Wildman–Crippen MR) is 78.7 cm³/mol. The first-order chi connectivity index (χ1) is 10.1. The number of aryl methyl sites for hydroxylation is 1. The van der Waals surface area contributed by atoms with Crippen molar-refractivity contribution in [3.63, 3.8) is 0 Å². The summed E-state index contributed by atoms with van der Waals surface area (Å²) >= 11 is 5.95. The summed E-state index contributed by atoms with van der Waals surface area (Å²) in [6.45, 7) is 1.90. The van der Waals surface area contributed by atoms with Crippen molar-refractivity contribution in [1.29, 1.82) is 0 Å². The van der Waals surface area contributed by atoms with Crippen LogP contribution < -0.4 is 5.73 Å². The number of nitrogen functional groups attached to an aromatic ring is 1. The zero-order valence-corrected chi connectivity index (χ0v) is 11.8. The zero-order valence-electron chi connectivity index (χ0n) is 11.1. The summed E-state index contributed by atoms with van der Waals surface area (Å²) in [6, 6.07) is 9.84. The Hall–Kier alpha value is -2.47. The minimum absolute atomic E-state index is 0.0837. The van der Waals surface area contributed by atoms with E-state index in [0.717, 1.165) is 11.3 Å². The van der Waals surface area contributed by atoms with Gasteiger partial charge < -0.3 is 5.73 Å². The first kappa shape index (κ1) is 13.5. The Morgan fingerprint density at radius 2 is 2.00 bits per heavy atom. The van der Waals surface area contributed by atoms with Crippen LogP contribution in [-0.4, -0.2) is 20.2 Å². The molecule has 0 aliphatic heterocycles. The minimum atomic E-state index is -0.505. The van der Waals surface area contributed by atoms with E-state index in [2.05, 4.69) is 15.5 Å². The summed E-state index contributed by atoms with van der Waals surface area (Å²) in [4.78, 5) is 0. The molecule has 1 aromatic heterocycles. The number of aromatic nitrogens is 4. The Kier molecular flexibility index (Phi) is 3.31. The molecular weight excluding hydrogens is 293 g/mol. The van der Waals surface area contributed by atoms with Gasteiger partial charge in [0.2, 0.25) is 0 Å². The highest BCUT2D eigenvalue weighted by Gasteiger charge is 2.14. The van der Waals surface area contributed by atoms with Crippen LogP contribution >= 0.6 is 11.6 Å². The standard InChI is InChI=1S/C14H11ClFN5/c1-8-6-10(15)3-5-13(8)21-14(18-19-20-21)9-2-4-12(17)11(16)7-9/h2-7H,17H2,1H3. The third kappa shape index (κ3) is 2.45. The summed E-state index contributed by atoms with van der Waals surface area (Å²) in [5.41, 5.74) is 7.79. The lowest BCUT2D eigenvalue weighted by atomic mass is 10.1. The molecular formula is C14H11ClFN5. The molecule has 2 aromatic carbocycles. The number of hydrogen-bond donors (Lipinski definition) is 1. The fraction of sp³-hybridized carbons (Fsp3) is 0.0714. The lowest BCUT2D eigenvalue weighted by Gasteiger charge is -2.08. The fourth-order valence-electron chi connectivity index (χ4n) is 2.05. The number of tetrazole rings is 1. The van der Waals surface area contributed by atoms with Gasteiger partial charge in [-0.2, -0.15) is 4.68 Å². The van der Waals surface area contributed by atoms with Gasteiger partial charge in [0.25, 0.3) is 0 Å². The van der Waals surface area contributed by atoms with Crippen molar-refractivity contribution in [2.45, 2.75) is 6.92 Å². The molecule has 7 heteroatoms. The van der Waals surface area contributed by atoms with Gasteiger partial charge in [0.15, 0.2) is 5.82 Å². The molecule has 0 atom stereocenters. The minimum Gasteiger partial charge on any atom is -0.396 e. The molecule has 0 aliphatic rings. The Labute approximate surface area is 125 Å². The molecule has 106 valence electrons. The molecule has 3 aromatic rings. The molecule has 2 N–H and O–H groups in total. The molecule has 0 spiro atoms. The zero-order chi connectivity index (χ0) is 15.0. The van der Waals surface area contributed by atoms with E-state index >= 15 is 0 Å². The van der Waals surface area contributed by atoms with E-state index in [-0.39, 0.29) is 5.69 Å². The summed E-state index contributed by atoms with van der Waals surface area (Å²) < 4.78 is 15.2. The van der Waals surface area contributed by atoms with Gasteiger partial charge in [-0.3, -0.25) is 0 Å². The highest BCUT2D eigenvalue weighted by molar-refractivity contribution is 6.30. The van der Waals surface area contributed by atoms with Gasteiger partial charge in [0.1, 0.15) is 5.82 Å². The van der Waals surface area contributed by atoms with Gasteiger partial charge in [-0.1, -0.05) is 11.6 Å². The van der Waals surface area contributed by atoms with E-state index in [9.17, 15) is 4.39 Å². The molecule has 5 nitrogen and oxygen atoms in total. The quantitative estimate of drug-likeness (QED) is 0.739. The molecule has 0 radical (unpaired) electrons. The van der Waals surface area contributed by atoms with Crippen LogP contribution in [0.3, 0.4) is 0 Å². The number of hydrogen-bond acceptors (Lipinski definition) is 4. The van der Waals surface area contributed by atoms with Crippen LogP contribution in [0.25, 0.3) is 17.1 Å². The van der Waals surface area contributed by atoms with Crippen LogP contribution in [0.5, 0.6) is 0 Å². The SMILES string of the molecule is Cc1cc(Cl)ccc1-n1nnnc1-c1ccc(N)c(F)c1. The number of nitrogens with two attached hydrogens (primary N) is 1. The smallest absolute Gasteiger partial charge is 0.187 e. The van der Waals surface area contributed by atoms with Crippen LogP contribution in [0.4, 0.5) is 10.1 Å². The van der Waals surface area contributed by atoms with Crippen molar-refractivity contribution in [1.82, 2.24) is 20.2 Å². The van der Waals surface area contributed by atoms with E-state index in [4.69, 9.17) is 17.3 Å². The molecule has 0 aliphatic carbocycles. The van der Waals surface area contributed by atoms with Crippen molar-refractivity contribution >= 4 is 17.3 Å². The topological polar surface area (TPSA) is 69.6 Å². The Bertz CT molecular complexity index is 815. The largest absolute Gasteiger partial charge is 0.396 e. The average Bonchev–Trinajstić information content (AvgIpc) is 2.91. The van der Waals surface area contributed by atoms with E-state index in [1.54, 1.807) is 12.1 Å². The fourth-order valence-corrected chi connectivity index (χ4v) is 2.28. The van der Waals surface area contributed by atoms with E-state index < -0.39 is 5.82 Å².